The number of carbonyl (C=O) groups is 1. The van der Waals surface area contributed by atoms with Gasteiger partial charge in [-0.15, -0.1) is 0 Å². The van der Waals surface area contributed by atoms with Crippen LogP contribution in [0.25, 0.3) is 0 Å². The van der Waals surface area contributed by atoms with Gasteiger partial charge in [0.2, 0.25) is 0 Å². The van der Waals surface area contributed by atoms with Crippen LogP contribution in [0.15, 0.2) is 5.16 Å². The number of hydrogen-bond donors (Lipinski definition) is 2. The Bertz CT molecular complexity index is 154. The number of carboxylic acid groups (broad SMARTS) is 1. The summed E-state index contributed by atoms with van der Waals surface area (Å²) in [6, 6.07) is 0. The molecule has 2 N–H and O–H groups in total. The molecular formula is C7H13NO3. The van der Waals surface area contributed by atoms with Crippen molar-refractivity contribution in [2.24, 2.45) is 5.16 Å². The molecule has 0 fully saturated rings. The average molecular weight is 159 g/mol. The van der Waals surface area contributed by atoms with Crippen LogP contribution in [0.3, 0.4) is 0 Å². The highest BCUT2D eigenvalue weighted by Crippen LogP contribution is 2.00. The number of aliphatic carboxylic acids is 1. The predicted molar refractivity (Wildman–Crippen MR) is 41.0 cm³/mol. The number of carboxylic acids is 1. The molecule has 0 heterocycles. The van der Waals surface area contributed by atoms with Gasteiger partial charge in [-0.1, -0.05) is 18.5 Å². The van der Waals surface area contributed by atoms with Crippen molar-refractivity contribution in [1.82, 2.24) is 0 Å². The van der Waals surface area contributed by atoms with Gasteiger partial charge in [0.05, 0.1) is 12.1 Å². The second-order valence-electron chi connectivity index (χ2n) is 2.34. The third-order valence-electron chi connectivity index (χ3n) is 1.32. The fourth-order valence-corrected chi connectivity index (χ4v) is 0.729. The molecular weight excluding hydrogens is 146 g/mol. The van der Waals surface area contributed by atoms with Crippen LogP contribution < -0.4 is 0 Å². The largest absolute Gasteiger partial charge is 0.481 e. The highest BCUT2D eigenvalue weighted by atomic mass is 16.4. The Morgan fingerprint density at radius 2 is 2.18 bits per heavy atom. The summed E-state index contributed by atoms with van der Waals surface area (Å²) in [5, 5.41) is 19.6. The smallest absolute Gasteiger partial charge is 0.309 e. The van der Waals surface area contributed by atoms with Crippen molar-refractivity contribution < 1.29 is 15.1 Å². The number of hydrogen-bond acceptors (Lipinski definition) is 3. The summed E-state index contributed by atoms with van der Waals surface area (Å²) < 4.78 is 0. The Morgan fingerprint density at radius 3 is 2.55 bits per heavy atom. The molecule has 0 aromatic heterocycles. The summed E-state index contributed by atoms with van der Waals surface area (Å²) in [4.78, 5) is 10.1. The van der Waals surface area contributed by atoms with E-state index in [4.69, 9.17) is 10.3 Å². The molecule has 0 saturated carbocycles. The van der Waals surface area contributed by atoms with E-state index in [1.165, 1.54) is 0 Å². The van der Waals surface area contributed by atoms with Crippen molar-refractivity contribution >= 4 is 11.7 Å². The maximum absolute atomic E-state index is 10.1. The van der Waals surface area contributed by atoms with E-state index >= 15 is 0 Å². The van der Waals surface area contributed by atoms with Crippen LogP contribution in [-0.4, -0.2) is 22.0 Å². The SMILES string of the molecule is CCCC/C(CC(=O)O)=N/O. The van der Waals surface area contributed by atoms with Crippen LogP contribution in [0.1, 0.15) is 32.6 Å². The van der Waals surface area contributed by atoms with Crippen molar-refractivity contribution in [3.8, 4) is 0 Å². The molecule has 0 aliphatic rings. The maximum Gasteiger partial charge on any atom is 0.309 e. The van der Waals surface area contributed by atoms with Crippen molar-refractivity contribution in [3.05, 3.63) is 0 Å². The van der Waals surface area contributed by atoms with Crippen LogP contribution in [-0.2, 0) is 4.79 Å². The van der Waals surface area contributed by atoms with Crippen molar-refractivity contribution in [1.29, 1.82) is 0 Å². The fraction of sp³-hybridized carbons (Fsp3) is 0.714. The van der Waals surface area contributed by atoms with Gasteiger partial charge in [-0.25, -0.2) is 0 Å². The Balaban J connectivity index is 3.69. The summed E-state index contributed by atoms with van der Waals surface area (Å²) in [6.07, 6.45) is 2.25. The summed E-state index contributed by atoms with van der Waals surface area (Å²) >= 11 is 0. The second kappa shape index (κ2) is 5.70. The lowest BCUT2D eigenvalue weighted by Crippen LogP contribution is -2.06. The van der Waals surface area contributed by atoms with Gasteiger partial charge >= 0.3 is 5.97 Å². The van der Waals surface area contributed by atoms with E-state index in [0.29, 0.717) is 12.1 Å². The maximum atomic E-state index is 10.1. The standard InChI is InChI=1S/C7H13NO3/c1-2-3-4-6(8-11)5-7(9)10/h11H,2-5H2,1H3,(H,9,10)/b8-6-. The van der Waals surface area contributed by atoms with E-state index < -0.39 is 5.97 Å². The highest BCUT2D eigenvalue weighted by molar-refractivity contribution is 5.97. The number of rotatable bonds is 5. The molecule has 0 aliphatic carbocycles. The summed E-state index contributed by atoms with van der Waals surface area (Å²) in [5.41, 5.74) is 0.347. The third kappa shape index (κ3) is 5.39. The van der Waals surface area contributed by atoms with E-state index in [1.54, 1.807) is 0 Å². The first-order valence-electron chi connectivity index (χ1n) is 3.62. The molecule has 64 valence electrons. The molecule has 4 nitrogen and oxygen atoms in total. The number of unbranched alkanes of at least 4 members (excludes halogenated alkanes) is 1. The minimum absolute atomic E-state index is 0.156. The molecule has 0 radical (unpaired) electrons. The van der Waals surface area contributed by atoms with Gasteiger partial charge in [0.15, 0.2) is 0 Å². The molecule has 0 bridgehead atoms. The molecule has 0 atom stereocenters. The fourth-order valence-electron chi connectivity index (χ4n) is 0.729. The Morgan fingerprint density at radius 1 is 1.55 bits per heavy atom. The second-order valence-corrected chi connectivity index (χ2v) is 2.34. The van der Waals surface area contributed by atoms with Crippen molar-refractivity contribution in [3.63, 3.8) is 0 Å². The van der Waals surface area contributed by atoms with Crippen LogP contribution in [0.4, 0.5) is 0 Å². The molecule has 0 aromatic rings. The quantitative estimate of drug-likeness (QED) is 0.362. The lowest BCUT2D eigenvalue weighted by Gasteiger charge is -1.97. The summed E-state index contributed by atoms with van der Waals surface area (Å²) in [5.74, 6) is -0.950. The normalized spacial score (nSPS) is 11.5. The monoisotopic (exact) mass is 159 g/mol. The number of oxime groups is 1. The zero-order valence-corrected chi connectivity index (χ0v) is 6.58. The van der Waals surface area contributed by atoms with E-state index in [2.05, 4.69) is 5.16 Å². The van der Waals surface area contributed by atoms with Crippen LogP contribution in [0, 0.1) is 0 Å². The van der Waals surface area contributed by atoms with Crippen LogP contribution >= 0.6 is 0 Å². The molecule has 0 aliphatic heterocycles. The van der Waals surface area contributed by atoms with E-state index in [9.17, 15) is 4.79 Å². The third-order valence-corrected chi connectivity index (χ3v) is 1.32. The van der Waals surface area contributed by atoms with Crippen LogP contribution in [0.2, 0.25) is 0 Å². The minimum Gasteiger partial charge on any atom is -0.481 e. The zero-order valence-electron chi connectivity index (χ0n) is 6.58. The van der Waals surface area contributed by atoms with E-state index in [1.807, 2.05) is 6.92 Å². The zero-order chi connectivity index (χ0) is 8.69. The molecule has 0 amide bonds. The lowest BCUT2D eigenvalue weighted by atomic mass is 10.1. The van der Waals surface area contributed by atoms with Gasteiger partial charge in [0, 0.05) is 0 Å². The molecule has 0 spiro atoms. The lowest BCUT2D eigenvalue weighted by molar-refractivity contribution is -0.135. The molecule has 0 aromatic carbocycles. The summed E-state index contributed by atoms with van der Waals surface area (Å²) in [7, 11) is 0. The average Bonchev–Trinajstić information content (AvgIpc) is 1.97. The number of nitrogens with zero attached hydrogens (tertiary/aromatic N) is 1. The Hall–Kier alpha value is -1.06. The van der Waals surface area contributed by atoms with Crippen molar-refractivity contribution in [2.75, 3.05) is 0 Å². The van der Waals surface area contributed by atoms with Gasteiger partial charge < -0.3 is 10.3 Å². The molecule has 0 rings (SSSR count). The van der Waals surface area contributed by atoms with Gasteiger partial charge in [0.25, 0.3) is 0 Å². The Labute approximate surface area is 65.5 Å². The first kappa shape index (κ1) is 9.94. The predicted octanol–water partition coefficient (Wildman–Crippen LogP) is 1.48. The van der Waals surface area contributed by atoms with E-state index in [-0.39, 0.29) is 6.42 Å². The molecule has 4 heteroatoms. The van der Waals surface area contributed by atoms with Crippen LogP contribution in [0.5, 0.6) is 0 Å². The van der Waals surface area contributed by atoms with Gasteiger partial charge in [-0.3, -0.25) is 4.79 Å². The van der Waals surface area contributed by atoms with Gasteiger partial charge in [0.1, 0.15) is 0 Å². The Kier molecular flexibility index (Phi) is 5.15. The minimum atomic E-state index is -0.950. The first-order chi connectivity index (χ1) is 5.20. The van der Waals surface area contributed by atoms with Gasteiger partial charge in [-0.05, 0) is 12.8 Å². The topological polar surface area (TPSA) is 69.9 Å². The summed E-state index contributed by atoms with van der Waals surface area (Å²) in [6.45, 7) is 2.00. The molecule has 0 unspecified atom stereocenters. The van der Waals surface area contributed by atoms with E-state index in [0.717, 1.165) is 12.8 Å². The van der Waals surface area contributed by atoms with Gasteiger partial charge in [-0.2, -0.15) is 0 Å². The molecule has 0 saturated heterocycles. The van der Waals surface area contributed by atoms with Crippen molar-refractivity contribution in [2.45, 2.75) is 32.6 Å². The molecule has 11 heavy (non-hydrogen) atoms. The highest BCUT2D eigenvalue weighted by Gasteiger charge is 2.04. The first-order valence-corrected chi connectivity index (χ1v) is 3.62.